The zero-order valence-electron chi connectivity index (χ0n) is 14.2. The number of nitro benzene ring substituents is 1. The topological polar surface area (TPSA) is 148 Å². The minimum Gasteiger partial charge on any atom is -0.484 e. The largest absolute Gasteiger partial charge is 0.484 e. The molecule has 0 aliphatic carbocycles. The average Bonchev–Trinajstić information content (AvgIpc) is 2.66. The number of carbonyl (C=O) groups is 2. The van der Waals surface area contributed by atoms with Crippen molar-refractivity contribution in [2.75, 3.05) is 11.9 Å². The van der Waals surface area contributed by atoms with E-state index in [1.54, 1.807) is 18.2 Å². The number of ether oxygens (including phenoxy) is 1. The zero-order valence-corrected chi connectivity index (χ0v) is 15.0. The first-order chi connectivity index (χ1) is 13.3. The molecule has 2 aromatic rings. The second kappa shape index (κ2) is 9.16. The molecule has 10 heteroatoms. The molecule has 0 spiro atoms. The molecule has 0 aromatic heterocycles. The molecule has 3 N–H and O–H groups in total. The van der Waals surface area contributed by atoms with E-state index in [2.05, 4.69) is 5.32 Å². The Morgan fingerprint density at radius 1 is 1.29 bits per heavy atom. The number of nitrogens with two attached hydrogens (primary N) is 1. The maximum absolute atomic E-state index is 12.3. The van der Waals surface area contributed by atoms with Crippen molar-refractivity contribution in [1.29, 1.82) is 5.26 Å². The predicted octanol–water partition coefficient (Wildman–Crippen LogP) is 2.66. The van der Waals surface area contributed by atoms with Gasteiger partial charge in [0.05, 0.1) is 4.92 Å². The molecular formula is C18H13ClN4O5. The predicted molar refractivity (Wildman–Crippen MR) is 101 cm³/mol. The Labute approximate surface area is 164 Å². The fraction of sp³-hybridized carbons (Fsp3) is 0.0556. The quantitative estimate of drug-likeness (QED) is 0.316. The molecule has 0 saturated heterocycles. The van der Waals surface area contributed by atoms with Crippen LogP contribution in [0, 0.1) is 21.4 Å². The first-order valence-corrected chi connectivity index (χ1v) is 8.06. The molecule has 0 aliphatic rings. The van der Waals surface area contributed by atoms with Crippen molar-refractivity contribution in [3.8, 4) is 11.8 Å². The van der Waals surface area contributed by atoms with E-state index < -0.39 is 22.4 Å². The van der Waals surface area contributed by atoms with Gasteiger partial charge in [0, 0.05) is 11.1 Å². The van der Waals surface area contributed by atoms with Crippen LogP contribution < -0.4 is 15.8 Å². The smallest absolute Gasteiger partial charge is 0.294 e. The molecule has 0 heterocycles. The third-order valence-electron chi connectivity index (χ3n) is 3.34. The van der Waals surface area contributed by atoms with Gasteiger partial charge in [-0.3, -0.25) is 19.7 Å². The molecule has 9 nitrogen and oxygen atoms in total. The van der Waals surface area contributed by atoms with E-state index in [1.807, 2.05) is 0 Å². The number of primary amides is 1. The molecule has 0 radical (unpaired) electrons. The lowest BCUT2D eigenvalue weighted by molar-refractivity contribution is -0.383. The Balaban J connectivity index is 2.19. The van der Waals surface area contributed by atoms with Gasteiger partial charge in [0.1, 0.15) is 23.1 Å². The minimum absolute atomic E-state index is 0.0873. The monoisotopic (exact) mass is 400 g/mol. The Hall–Kier alpha value is -3.90. The van der Waals surface area contributed by atoms with Gasteiger partial charge in [0.25, 0.3) is 17.5 Å². The van der Waals surface area contributed by atoms with Crippen LogP contribution in [0.4, 0.5) is 11.4 Å². The van der Waals surface area contributed by atoms with Gasteiger partial charge in [-0.15, -0.1) is 0 Å². The number of hydrogen-bond donors (Lipinski definition) is 2. The van der Waals surface area contributed by atoms with Crippen molar-refractivity contribution in [2.45, 2.75) is 0 Å². The molecule has 0 bridgehead atoms. The summed E-state index contributed by atoms with van der Waals surface area (Å²) >= 11 is 5.73. The normalized spacial score (nSPS) is 10.6. The van der Waals surface area contributed by atoms with Gasteiger partial charge in [0.2, 0.25) is 0 Å². The first kappa shape index (κ1) is 20.4. The Kier molecular flexibility index (Phi) is 6.68. The van der Waals surface area contributed by atoms with E-state index in [0.29, 0.717) is 11.3 Å². The van der Waals surface area contributed by atoms with Crippen LogP contribution in [-0.4, -0.2) is 23.3 Å². The van der Waals surface area contributed by atoms with Gasteiger partial charge in [-0.1, -0.05) is 23.7 Å². The van der Waals surface area contributed by atoms with Gasteiger partial charge in [0.15, 0.2) is 6.61 Å². The molecule has 0 atom stereocenters. The fourth-order valence-electron chi connectivity index (χ4n) is 2.08. The number of benzene rings is 2. The van der Waals surface area contributed by atoms with Crippen molar-refractivity contribution >= 4 is 40.9 Å². The number of anilines is 1. The first-order valence-electron chi connectivity index (χ1n) is 7.68. The maximum Gasteiger partial charge on any atom is 0.294 e. The number of halogens is 1. The number of rotatable bonds is 7. The van der Waals surface area contributed by atoms with Crippen molar-refractivity contribution in [1.82, 2.24) is 0 Å². The van der Waals surface area contributed by atoms with Crippen LogP contribution in [0.2, 0.25) is 5.02 Å². The van der Waals surface area contributed by atoms with E-state index in [4.69, 9.17) is 22.1 Å². The summed E-state index contributed by atoms with van der Waals surface area (Å²) in [4.78, 5) is 33.4. The van der Waals surface area contributed by atoms with Crippen LogP contribution >= 0.6 is 11.6 Å². The molecule has 0 aliphatic heterocycles. The van der Waals surface area contributed by atoms with Crippen LogP contribution in [-0.2, 0) is 9.59 Å². The fourth-order valence-corrected chi connectivity index (χ4v) is 2.25. The number of hydrogen-bond acceptors (Lipinski definition) is 6. The second-order valence-corrected chi connectivity index (χ2v) is 5.80. The number of amides is 2. The van der Waals surface area contributed by atoms with Gasteiger partial charge in [-0.25, -0.2) is 0 Å². The lowest BCUT2D eigenvalue weighted by Crippen LogP contribution is -2.19. The number of carbonyl (C=O) groups excluding carboxylic acids is 2. The van der Waals surface area contributed by atoms with Crippen molar-refractivity contribution in [2.24, 2.45) is 5.73 Å². The summed E-state index contributed by atoms with van der Waals surface area (Å²) in [6, 6.07) is 11.7. The molecular weight excluding hydrogens is 388 g/mol. The van der Waals surface area contributed by atoms with E-state index in [1.165, 1.54) is 30.3 Å². The summed E-state index contributed by atoms with van der Waals surface area (Å²) in [5.74, 6) is -1.05. The summed E-state index contributed by atoms with van der Waals surface area (Å²) in [5.41, 5.74) is 4.74. The lowest BCUT2D eigenvalue weighted by Gasteiger charge is -2.06. The molecule has 2 amide bonds. The highest BCUT2D eigenvalue weighted by Gasteiger charge is 2.18. The van der Waals surface area contributed by atoms with Gasteiger partial charge in [-0.2, -0.15) is 5.26 Å². The standard InChI is InChI=1S/C18H13ClN4O5/c19-13-3-6-15(16(8-13)23(26)27)22-18(25)12(9-20)7-11-1-4-14(5-2-11)28-10-17(21)24/h1-8H,10H2,(H2,21,24)(H,22,25). The average molecular weight is 401 g/mol. The van der Waals surface area contributed by atoms with Crippen LogP contribution in [0.5, 0.6) is 5.75 Å². The van der Waals surface area contributed by atoms with Gasteiger partial charge >= 0.3 is 0 Å². The SMILES string of the molecule is N#CC(=Cc1ccc(OCC(N)=O)cc1)C(=O)Nc1ccc(Cl)cc1[N+](=O)[O-]. The van der Waals surface area contributed by atoms with E-state index >= 15 is 0 Å². The van der Waals surface area contributed by atoms with Crippen LogP contribution in [0.25, 0.3) is 6.08 Å². The number of nitrogens with zero attached hydrogens (tertiary/aromatic N) is 2. The molecule has 2 rings (SSSR count). The van der Waals surface area contributed by atoms with Crippen molar-refractivity contribution < 1.29 is 19.2 Å². The lowest BCUT2D eigenvalue weighted by atomic mass is 10.1. The Bertz CT molecular complexity index is 996. The zero-order chi connectivity index (χ0) is 20.7. The van der Waals surface area contributed by atoms with Crippen LogP contribution in [0.3, 0.4) is 0 Å². The van der Waals surface area contributed by atoms with E-state index in [9.17, 15) is 25.0 Å². The van der Waals surface area contributed by atoms with Gasteiger partial charge < -0.3 is 15.8 Å². The third kappa shape index (κ3) is 5.55. The maximum atomic E-state index is 12.3. The Morgan fingerprint density at radius 3 is 2.54 bits per heavy atom. The molecule has 142 valence electrons. The van der Waals surface area contributed by atoms with E-state index in [0.717, 1.165) is 6.07 Å². The summed E-state index contributed by atoms with van der Waals surface area (Å²) in [7, 11) is 0. The van der Waals surface area contributed by atoms with E-state index in [-0.39, 0.29) is 22.9 Å². The van der Waals surface area contributed by atoms with Crippen molar-refractivity contribution in [3.63, 3.8) is 0 Å². The third-order valence-corrected chi connectivity index (χ3v) is 3.58. The number of nitro groups is 1. The molecule has 0 fully saturated rings. The highest BCUT2D eigenvalue weighted by molar-refractivity contribution is 6.31. The minimum atomic E-state index is -0.818. The summed E-state index contributed by atoms with van der Waals surface area (Å²) in [6.45, 7) is -0.277. The number of nitrogens with one attached hydrogen (secondary N) is 1. The van der Waals surface area contributed by atoms with Crippen molar-refractivity contribution in [3.05, 3.63) is 68.7 Å². The second-order valence-electron chi connectivity index (χ2n) is 5.37. The summed E-state index contributed by atoms with van der Waals surface area (Å²) in [6.07, 6.45) is 1.30. The molecule has 0 saturated carbocycles. The molecule has 28 heavy (non-hydrogen) atoms. The highest BCUT2D eigenvalue weighted by Crippen LogP contribution is 2.28. The summed E-state index contributed by atoms with van der Waals surface area (Å²) in [5, 5.41) is 22.8. The van der Waals surface area contributed by atoms with Crippen LogP contribution in [0.15, 0.2) is 48.0 Å². The van der Waals surface area contributed by atoms with Gasteiger partial charge in [-0.05, 0) is 35.9 Å². The molecule has 0 unspecified atom stereocenters. The highest BCUT2D eigenvalue weighted by atomic mass is 35.5. The van der Waals surface area contributed by atoms with Crippen LogP contribution in [0.1, 0.15) is 5.56 Å². The Morgan fingerprint density at radius 2 is 1.96 bits per heavy atom. The summed E-state index contributed by atoms with van der Waals surface area (Å²) < 4.78 is 5.11. The number of nitriles is 1. The molecule has 2 aromatic carbocycles.